The Morgan fingerprint density at radius 3 is 1.65 bits per heavy atom. The number of nitrogens with one attached hydrogen (secondary N) is 2. The monoisotopic (exact) mass is 269 g/mol. The summed E-state index contributed by atoms with van der Waals surface area (Å²) >= 11 is 0. The summed E-state index contributed by atoms with van der Waals surface area (Å²) in [5.41, 5.74) is 4.82. The Labute approximate surface area is 121 Å². The van der Waals surface area contributed by atoms with Crippen molar-refractivity contribution >= 4 is 17.1 Å². The van der Waals surface area contributed by atoms with Gasteiger partial charge in [-0.25, -0.2) is 0 Å². The molecular formula is C17H23N3. The Bertz CT molecular complexity index is 515. The van der Waals surface area contributed by atoms with E-state index in [1.807, 2.05) is 14.1 Å². The van der Waals surface area contributed by atoms with Gasteiger partial charge in [-0.1, -0.05) is 17.7 Å². The molecule has 3 heteroatoms. The molecule has 2 aromatic rings. The van der Waals surface area contributed by atoms with Crippen LogP contribution in [0.1, 0.15) is 5.56 Å². The molecule has 0 atom stereocenters. The Kier molecular flexibility index (Phi) is 4.88. The lowest BCUT2D eigenvalue weighted by atomic mass is 10.2. The molecule has 106 valence electrons. The molecule has 0 aliphatic carbocycles. The van der Waals surface area contributed by atoms with E-state index in [0.29, 0.717) is 0 Å². The van der Waals surface area contributed by atoms with Crippen LogP contribution in [0.2, 0.25) is 0 Å². The van der Waals surface area contributed by atoms with E-state index in [-0.39, 0.29) is 0 Å². The van der Waals surface area contributed by atoms with E-state index < -0.39 is 0 Å². The standard InChI is InChI=1S/C17H23N3/c1-14-4-6-15(7-5-14)18-12-13-19-16-8-10-17(11-9-16)20(2)3/h4-11,18-19H,12-13H2,1-3H3. The van der Waals surface area contributed by atoms with Crippen LogP contribution in [0.25, 0.3) is 0 Å². The molecular weight excluding hydrogens is 246 g/mol. The molecule has 0 saturated carbocycles. The van der Waals surface area contributed by atoms with Crippen LogP contribution in [0.5, 0.6) is 0 Å². The fraction of sp³-hybridized carbons (Fsp3) is 0.294. The third kappa shape index (κ3) is 4.19. The summed E-state index contributed by atoms with van der Waals surface area (Å²) in [6.45, 7) is 3.90. The van der Waals surface area contributed by atoms with Gasteiger partial charge in [0.2, 0.25) is 0 Å². The normalized spacial score (nSPS) is 10.2. The topological polar surface area (TPSA) is 27.3 Å². The van der Waals surface area contributed by atoms with Gasteiger partial charge in [0.25, 0.3) is 0 Å². The molecule has 0 spiro atoms. The van der Waals surface area contributed by atoms with E-state index >= 15 is 0 Å². The molecule has 0 saturated heterocycles. The molecule has 0 radical (unpaired) electrons. The zero-order valence-corrected chi connectivity index (χ0v) is 12.5. The number of aryl methyl sites for hydroxylation is 1. The van der Waals surface area contributed by atoms with Gasteiger partial charge < -0.3 is 15.5 Å². The second-order valence-electron chi connectivity index (χ2n) is 5.16. The van der Waals surface area contributed by atoms with Gasteiger partial charge in [0, 0.05) is 44.2 Å². The molecule has 0 fully saturated rings. The molecule has 2 N–H and O–H groups in total. The summed E-state index contributed by atoms with van der Waals surface area (Å²) in [4.78, 5) is 2.10. The van der Waals surface area contributed by atoms with Gasteiger partial charge in [0.1, 0.15) is 0 Å². The quantitative estimate of drug-likeness (QED) is 0.785. The first-order valence-electron chi connectivity index (χ1n) is 6.97. The number of nitrogens with zero attached hydrogens (tertiary/aromatic N) is 1. The van der Waals surface area contributed by atoms with Crippen LogP contribution in [0.15, 0.2) is 48.5 Å². The Morgan fingerprint density at radius 2 is 1.20 bits per heavy atom. The highest BCUT2D eigenvalue weighted by molar-refractivity contribution is 5.54. The molecule has 0 aliphatic heterocycles. The second kappa shape index (κ2) is 6.85. The predicted molar refractivity (Wildman–Crippen MR) is 88.9 cm³/mol. The lowest BCUT2D eigenvalue weighted by molar-refractivity contribution is 1.08. The number of rotatable bonds is 6. The molecule has 0 aromatic heterocycles. The minimum atomic E-state index is 0.898. The van der Waals surface area contributed by atoms with Crippen LogP contribution < -0.4 is 15.5 Å². The van der Waals surface area contributed by atoms with Crippen LogP contribution >= 0.6 is 0 Å². The molecule has 0 amide bonds. The van der Waals surface area contributed by atoms with Gasteiger partial charge >= 0.3 is 0 Å². The first-order valence-corrected chi connectivity index (χ1v) is 6.97. The van der Waals surface area contributed by atoms with Gasteiger partial charge in [-0.05, 0) is 43.3 Å². The van der Waals surface area contributed by atoms with Crippen molar-refractivity contribution < 1.29 is 0 Å². The number of hydrogen-bond donors (Lipinski definition) is 2. The van der Waals surface area contributed by atoms with Crippen LogP contribution in [0.4, 0.5) is 17.1 Å². The number of benzene rings is 2. The number of hydrogen-bond acceptors (Lipinski definition) is 3. The Hall–Kier alpha value is -2.16. The van der Waals surface area contributed by atoms with Gasteiger partial charge in [0.05, 0.1) is 0 Å². The van der Waals surface area contributed by atoms with E-state index in [9.17, 15) is 0 Å². The fourth-order valence-electron chi connectivity index (χ4n) is 1.96. The van der Waals surface area contributed by atoms with Crippen LogP contribution in [-0.2, 0) is 0 Å². The van der Waals surface area contributed by atoms with Crippen LogP contribution in [0.3, 0.4) is 0 Å². The molecule has 0 aliphatic rings. The van der Waals surface area contributed by atoms with E-state index in [2.05, 4.69) is 71.0 Å². The molecule has 2 aromatic carbocycles. The van der Waals surface area contributed by atoms with Crippen molar-refractivity contribution in [3.63, 3.8) is 0 Å². The first kappa shape index (κ1) is 14.3. The highest BCUT2D eigenvalue weighted by Gasteiger charge is 1.96. The molecule has 2 rings (SSSR count). The van der Waals surface area contributed by atoms with E-state index in [1.54, 1.807) is 0 Å². The SMILES string of the molecule is Cc1ccc(NCCNc2ccc(N(C)C)cc2)cc1. The maximum Gasteiger partial charge on any atom is 0.0362 e. The van der Waals surface area contributed by atoms with Crippen molar-refractivity contribution in [2.24, 2.45) is 0 Å². The van der Waals surface area contributed by atoms with Crippen LogP contribution in [-0.4, -0.2) is 27.2 Å². The summed E-state index contributed by atoms with van der Waals surface area (Å²) in [6.07, 6.45) is 0. The summed E-state index contributed by atoms with van der Waals surface area (Å²) in [7, 11) is 4.10. The van der Waals surface area contributed by atoms with E-state index in [0.717, 1.165) is 18.8 Å². The average molecular weight is 269 g/mol. The summed E-state index contributed by atoms with van der Waals surface area (Å²) < 4.78 is 0. The van der Waals surface area contributed by atoms with Crippen molar-refractivity contribution in [2.45, 2.75) is 6.92 Å². The minimum absolute atomic E-state index is 0.898. The van der Waals surface area contributed by atoms with E-state index in [4.69, 9.17) is 0 Å². The molecule has 0 bridgehead atoms. The average Bonchev–Trinajstić information content (AvgIpc) is 2.46. The maximum absolute atomic E-state index is 3.41. The molecule has 0 heterocycles. The minimum Gasteiger partial charge on any atom is -0.383 e. The van der Waals surface area contributed by atoms with Gasteiger partial charge in [-0.15, -0.1) is 0 Å². The number of anilines is 3. The third-order valence-corrected chi connectivity index (χ3v) is 3.22. The first-order chi connectivity index (χ1) is 9.65. The van der Waals surface area contributed by atoms with Crippen molar-refractivity contribution in [1.29, 1.82) is 0 Å². The van der Waals surface area contributed by atoms with Crippen molar-refractivity contribution in [2.75, 3.05) is 42.7 Å². The fourth-order valence-corrected chi connectivity index (χ4v) is 1.96. The third-order valence-electron chi connectivity index (χ3n) is 3.22. The Morgan fingerprint density at radius 1 is 0.750 bits per heavy atom. The van der Waals surface area contributed by atoms with Crippen LogP contribution in [0, 0.1) is 6.92 Å². The Balaban J connectivity index is 1.74. The van der Waals surface area contributed by atoms with Crippen molar-refractivity contribution in [3.05, 3.63) is 54.1 Å². The summed E-state index contributed by atoms with van der Waals surface area (Å²) in [6, 6.07) is 16.9. The lowest BCUT2D eigenvalue weighted by Gasteiger charge is -2.13. The summed E-state index contributed by atoms with van der Waals surface area (Å²) in [5, 5.41) is 6.81. The lowest BCUT2D eigenvalue weighted by Crippen LogP contribution is -2.13. The zero-order chi connectivity index (χ0) is 14.4. The van der Waals surface area contributed by atoms with Gasteiger partial charge in [-0.2, -0.15) is 0 Å². The molecule has 0 unspecified atom stereocenters. The maximum atomic E-state index is 3.41. The second-order valence-corrected chi connectivity index (χ2v) is 5.16. The smallest absolute Gasteiger partial charge is 0.0362 e. The highest BCUT2D eigenvalue weighted by atomic mass is 15.1. The molecule has 3 nitrogen and oxygen atoms in total. The van der Waals surface area contributed by atoms with Gasteiger partial charge in [-0.3, -0.25) is 0 Å². The largest absolute Gasteiger partial charge is 0.383 e. The molecule has 20 heavy (non-hydrogen) atoms. The predicted octanol–water partition coefficient (Wildman–Crippen LogP) is 3.59. The van der Waals surface area contributed by atoms with Crippen molar-refractivity contribution in [3.8, 4) is 0 Å². The summed E-state index contributed by atoms with van der Waals surface area (Å²) in [5.74, 6) is 0. The van der Waals surface area contributed by atoms with Gasteiger partial charge in [0.15, 0.2) is 0 Å². The highest BCUT2D eigenvalue weighted by Crippen LogP contribution is 2.15. The van der Waals surface area contributed by atoms with E-state index in [1.165, 1.54) is 16.9 Å². The zero-order valence-electron chi connectivity index (χ0n) is 12.5. The van der Waals surface area contributed by atoms with Crippen molar-refractivity contribution in [1.82, 2.24) is 0 Å².